The van der Waals surface area contributed by atoms with Crippen molar-refractivity contribution < 1.29 is 21.0 Å². The Bertz CT molecular complexity index is 2240. The van der Waals surface area contributed by atoms with Gasteiger partial charge in [0, 0.05) is 45.2 Å². The van der Waals surface area contributed by atoms with Crippen LogP contribution in [-0.4, -0.2) is 0 Å². The van der Waals surface area contributed by atoms with Crippen molar-refractivity contribution >= 4 is 66.4 Å². The van der Waals surface area contributed by atoms with Crippen LogP contribution in [0.15, 0.2) is 117 Å². The summed E-state index contributed by atoms with van der Waals surface area (Å²) in [5.41, 5.74) is 2.21. The molecule has 0 radical (unpaired) electrons. The van der Waals surface area contributed by atoms with Crippen LogP contribution in [0.1, 0.15) is 0 Å². The number of hydrogen-bond donors (Lipinski definition) is 0. The maximum Gasteiger partial charge on any atom is 0.0184 e. The second-order valence-corrected chi connectivity index (χ2v) is 9.67. The molecular weight excluding hydrogens is 563 g/mol. The van der Waals surface area contributed by atoms with Gasteiger partial charge in [0.05, 0.1) is 0 Å². The molecule has 0 saturated carbocycles. The first kappa shape index (κ1) is 24.4. The number of hydrogen-bond acceptors (Lipinski definition) is 5. The minimum absolute atomic E-state index is 0.552. The van der Waals surface area contributed by atoms with Crippen LogP contribution < -0.4 is 41.9 Å². The fourth-order valence-corrected chi connectivity index (χ4v) is 5.46. The maximum atomic E-state index is 8.19. The van der Waals surface area contributed by atoms with Crippen molar-refractivity contribution in [2.45, 2.75) is 0 Å². The molecule has 1 aliphatic rings. The van der Waals surface area contributed by atoms with Gasteiger partial charge < -0.3 is 39.9 Å². The first-order valence-electron chi connectivity index (χ1n) is 13.1. The van der Waals surface area contributed by atoms with E-state index in [1.54, 1.807) is 0 Å². The Kier molecular flexibility index (Phi) is 5.60. The van der Waals surface area contributed by atoms with Gasteiger partial charge in [-0.15, -0.1) is 0 Å². The molecule has 1 aliphatic heterocycles. The van der Waals surface area contributed by atoms with Crippen molar-refractivity contribution in [3.8, 4) is 0 Å². The first-order valence-corrected chi connectivity index (χ1v) is 13.6. The number of fused-ring (bicyclic) bond motifs is 20. The fourth-order valence-electron chi connectivity index (χ4n) is 5.46. The van der Waals surface area contributed by atoms with Gasteiger partial charge in [-0.1, -0.05) is 97.1 Å². The fraction of sp³-hybridized carbons (Fsp3) is 0. The summed E-state index contributed by atoms with van der Waals surface area (Å²) in [6.45, 7) is 0. The molecule has 0 unspecified atom stereocenters. The summed E-state index contributed by atoms with van der Waals surface area (Å²) in [6, 6.07) is 31.8. The van der Waals surface area contributed by atoms with E-state index in [0.717, 1.165) is 60.5 Å². The van der Waals surface area contributed by atoms with Gasteiger partial charge in [0.15, 0.2) is 0 Å². The second kappa shape index (κ2) is 9.62. The Morgan fingerprint density at radius 1 is 0.333 bits per heavy atom. The molecule has 8 bridgehead atoms. The third kappa shape index (κ3) is 3.72. The van der Waals surface area contributed by atoms with Gasteiger partial charge >= 0.3 is 21.0 Å². The van der Waals surface area contributed by atoms with E-state index < -0.39 is 0 Å². The summed E-state index contributed by atoms with van der Waals surface area (Å²) < 4.78 is 8.19. The molecule has 0 aliphatic carbocycles. The summed E-state index contributed by atoms with van der Waals surface area (Å²) in [7, 11) is 0. The van der Waals surface area contributed by atoms with Crippen molar-refractivity contribution in [3.63, 3.8) is 0 Å². The maximum absolute atomic E-state index is 8.19. The molecule has 0 spiro atoms. The molecule has 0 saturated heterocycles. The largest absolute Gasteiger partial charge is 0.357 e. The monoisotopic (exact) mass is 579 g/mol. The molecule has 8 aromatic rings. The molecule has 0 atom stereocenters. The molecule has 42 heavy (non-hydrogen) atoms. The van der Waals surface area contributed by atoms with Crippen molar-refractivity contribution in [2.75, 3.05) is 0 Å². The molecule has 5 heterocycles. The standard InChI is InChI=1S/C32H16N8.O.V/c1-2-10-18-17(9-1)25-33-26(18)38-28-21-13-5-6-14-22(21)30(35-28)40-32-24-16-8-7-15-23(24)31(36-32)39-29-20-12-4-3-11-19(20)27(34-29)37-25;;/h1-16H;;/q-4;;. The van der Waals surface area contributed by atoms with Gasteiger partial charge in [-0.2, -0.15) is 0 Å². The molecule has 0 amide bonds. The van der Waals surface area contributed by atoms with Gasteiger partial charge in [-0.05, 0) is 43.1 Å². The normalized spacial score (nSPS) is 15.5. The van der Waals surface area contributed by atoms with Crippen molar-refractivity contribution in [1.29, 1.82) is 0 Å². The van der Waals surface area contributed by atoms with Crippen LogP contribution in [0.2, 0.25) is 0 Å². The van der Waals surface area contributed by atoms with Crippen LogP contribution >= 0.6 is 0 Å². The van der Waals surface area contributed by atoms with Crippen LogP contribution in [-0.2, 0) is 21.0 Å². The van der Waals surface area contributed by atoms with Crippen LogP contribution in [0.4, 0.5) is 23.3 Å². The van der Waals surface area contributed by atoms with Gasteiger partial charge in [-0.3, -0.25) is 0 Å². The predicted molar refractivity (Wildman–Crippen MR) is 153 cm³/mol. The Balaban J connectivity index is 0.00000131. The molecule has 9 rings (SSSR count). The molecule has 199 valence electrons. The van der Waals surface area contributed by atoms with E-state index >= 15 is 0 Å². The van der Waals surface area contributed by atoms with Crippen LogP contribution in [0.25, 0.3) is 43.1 Å². The molecule has 0 N–H and O–H groups in total. The summed E-state index contributed by atoms with van der Waals surface area (Å²) in [6.07, 6.45) is 0. The summed E-state index contributed by atoms with van der Waals surface area (Å²) in [5.74, 6) is 2.21. The van der Waals surface area contributed by atoms with Crippen molar-refractivity contribution in [2.24, 2.45) is 20.0 Å². The topological polar surface area (TPSA) is 123 Å². The Hall–Kier alpha value is -5.38. The average molecular weight is 579 g/mol. The molecule has 4 aromatic carbocycles. The zero-order valence-electron chi connectivity index (χ0n) is 21.7. The average Bonchev–Trinajstić information content (AvgIpc) is 3.78. The smallest absolute Gasteiger partial charge is 0.0184 e. The Morgan fingerprint density at radius 2 is 0.548 bits per heavy atom. The number of rotatable bonds is 0. The molecular formula is C32H16N8OV-4. The van der Waals surface area contributed by atoms with Crippen LogP contribution in [0, 0.1) is 0 Å². The zero-order chi connectivity index (χ0) is 28.2. The van der Waals surface area contributed by atoms with E-state index in [-0.39, 0.29) is 0 Å². The van der Waals surface area contributed by atoms with Crippen molar-refractivity contribution in [3.05, 3.63) is 119 Å². The van der Waals surface area contributed by atoms with Crippen molar-refractivity contribution in [1.82, 2.24) is 19.9 Å². The second-order valence-electron chi connectivity index (χ2n) is 9.67. The van der Waals surface area contributed by atoms with Gasteiger partial charge in [0.2, 0.25) is 0 Å². The molecule has 9 nitrogen and oxygen atoms in total. The number of nitrogens with zero attached hydrogens (tertiary/aromatic N) is 8. The van der Waals surface area contributed by atoms with Crippen LogP contribution in [0.5, 0.6) is 0 Å². The third-order valence-electron chi connectivity index (χ3n) is 7.33. The first-order chi connectivity index (χ1) is 20.8. The minimum atomic E-state index is 0.552. The Labute approximate surface area is 245 Å². The van der Waals surface area contributed by atoms with E-state index in [2.05, 4.69) is 0 Å². The number of aromatic nitrogens is 4. The van der Waals surface area contributed by atoms with Crippen LogP contribution in [0.3, 0.4) is 0 Å². The van der Waals surface area contributed by atoms with E-state index in [1.807, 2.05) is 97.1 Å². The number of benzene rings is 4. The summed E-state index contributed by atoms with van der Waals surface area (Å²) in [5, 5.41) is 7.15. The minimum Gasteiger partial charge on any atom is -0.357 e. The predicted octanol–water partition coefficient (Wildman–Crippen LogP) is 4.13. The molecule has 0 fully saturated rings. The SMILES string of the molecule is [O]=[V].c1ccc2c3[n-]c(c2c1)/N=c1\[n-]/c(c2ccccc12)=N\c1[n-]c(c2ccccc12)/N=c1\[n-]/c(c2ccccc12)=N\3. The summed E-state index contributed by atoms with van der Waals surface area (Å²) in [4.78, 5) is 39.3. The van der Waals surface area contributed by atoms with E-state index in [4.69, 9.17) is 43.6 Å². The third-order valence-corrected chi connectivity index (χ3v) is 7.33. The van der Waals surface area contributed by atoms with E-state index in [9.17, 15) is 0 Å². The van der Waals surface area contributed by atoms with Gasteiger partial charge in [0.25, 0.3) is 0 Å². The van der Waals surface area contributed by atoms with Gasteiger partial charge in [0.1, 0.15) is 0 Å². The van der Waals surface area contributed by atoms with E-state index in [0.29, 0.717) is 45.2 Å². The molecule has 4 aromatic heterocycles. The molecule has 10 heteroatoms. The Morgan fingerprint density at radius 3 is 0.786 bits per heavy atom. The van der Waals surface area contributed by atoms with E-state index in [1.165, 1.54) is 0 Å². The summed E-state index contributed by atoms with van der Waals surface area (Å²) >= 11 is 1.06. The quantitative estimate of drug-likeness (QED) is 0.267. The van der Waals surface area contributed by atoms with Gasteiger partial charge in [-0.25, -0.2) is 0 Å². The zero-order valence-corrected chi connectivity index (χ0v) is 23.1.